The van der Waals surface area contributed by atoms with Crippen molar-refractivity contribution in [2.24, 2.45) is 5.92 Å². The van der Waals surface area contributed by atoms with Gasteiger partial charge >= 0.3 is 0 Å². The zero-order chi connectivity index (χ0) is 35.5. The molecule has 0 aliphatic carbocycles. The van der Waals surface area contributed by atoms with E-state index in [0.717, 1.165) is 53.2 Å². The summed E-state index contributed by atoms with van der Waals surface area (Å²) in [7, 11) is -0.482. The molecule has 1 fully saturated rings. The summed E-state index contributed by atoms with van der Waals surface area (Å²) >= 11 is 0. The van der Waals surface area contributed by atoms with Gasteiger partial charge in [-0.25, -0.2) is 8.42 Å². The standard InChI is InChI=1S/C39H51N3O7S/c1-29-6-13-35(14-7-29)50(43,44)42-24-39(49-28-32-10-15-38-37(22-32)41(19-21-48-38)18-5-20-45-3)36(23-34(42)16-17-40)33-11-8-31(9-12-33)27-47-26-30(2)25-46-4/h6-15,22,30,34,36,39H,5,16,18-21,23-28H2,1-4H3/t30?,34-,36-,39+/m1/s1. The van der Waals surface area contributed by atoms with Crippen LogP contribution in [0.2, 0.25) is 0 Å². The quantitative estimate of drug-likeness (QED) is 0.155. The van der Waals surface area contributed by atoms with Crippen molar-refractivity contribution in [3.8, 4) is 11.8 Å². The van der Waals surface area contributed by atoms with Gasteiger partial charge in [0.25, 0.3) is 0 Å². The highest BCUT2D eigenvalue weighted by Crippen LogP contribution is 2.39. The molecule has 1 saturated heterocycles. The van der Waals surface area contributed by atoms with Gasteiger partial charge in [0.15, 0.2) is 0 Å². The van der Waals surface area contributed by atoms with Crippen LogP contribution in [-0.4, -0.2) is 85.2 Å². The van der Waals surface area contributed by atoms with E-state index in [0.29, 0.717) is 52.0 Å². The molecule has 2 aliphatic rings. The number of piperidine rings is 1. The topological polar surface area (TPSA) is 111 Å². The Bertz CT molecular complexity index is 1660. The normalized spacial score (nSPS) is 20.1. The Morgan fingerprint density at radius 2 is 1.74 bits per heavy atom. The second-order valence-corrected chi connectivity index (χ2v) is 15.3. The molecule has 0 aromatic heterocycles. The number of hydrogen-bond acceptors (Lipinski definition) is 9. The van der Waals surface area contributed by atoms with E-state index >= 15 is 0 Å². The van der Waals surface area contributed by atoms with Crippen LogP contribution < -0.4 is 9.64 Å². The number of nitriles is 1. The molecule has 3 aromatic rings. The van der Waals surface area contributed by atoms with Crippen LogP contribution in [0.15, 0.2) is 71.6 Å². The molecule has 10 nitrogen and oxygen atoms in total. The van der Waals surface area contributed by atoms with Gasteiger partial charge in [0.2, 0.25) is 10.0 Å². The number of sulfonamides is 1. The maximum atomic E-state index is 14.1. The van der Waals surface area contributed by atoms with Gasteiger partial charge in [0.1, 0.15) is 12.4 Å². The highest BCUT2D eigenvalue weighted by atomic mass is 32.2. The molecule has 50 heavy (non-hydrogen) atoms. The zero-order valence-electron chi connectivity index (χ0n) is 29.8. The molecule has 0 amide bonds. The predicted octanol–water partition coefficient (Wildman–Crippen LogP) is 6.08. The van der Waals surface area contributed by atoms with Gasteiger partial charge in [-0.3, -0.25) is 0 Å². The van der Waals surface area contributed by atoms with Crippen molar-refractivity contribution in [1.29, 1.82) is 5.26 Å². The van der Waals surface area contributed by atoms with E-state index in [4.69, 9.17) is 23.7 Å². The number of hydrogen-bond donors (Lipinski definition) is 0. The predicted molar refractivity (Wildman–Crippen MR) is 193 cm³/mol. The third kappa shape index (κ3) is 9.63. The first kappa shape index (κ1) is 37.7. The van der Waals surface area contributed by atoms with E-state index in [1.165, 1.54) is 4.31 Å². The SMILES string of the molecule is COCCCN1CCOc2ccc(CO[C@H]3CN(S(=O)(=O)c4ccc(C)cc4)[C@H](CC#N)C[C@@H]3c3ccc(COCC(C)COC)cc3)cc21. The number of anilines is 1. The molecule has 0 N–H and O–H groups in total. The van der Waals surface area contributed by atoms with Crippen LogP contribution in [0.5, 0.6) is 5.75 Å². The number of aryl methyl sites for hydroxylation is 1. The Morgan fingerprint density at radius 3 is 2.46 bits per heavy atom. The summed E-state index contributed by atoms with van der Waals surface area (Å²) < 4.78 is 58.7. The van der Waals surface area contributed by atoms with Gasteiger partial charge in [0.05, 0.1) is 62.1 Å². The molecular formula is C39H51N3O7S. The fraction of sp³-hybridized carbons (Fsp3) is 0.513. The van der Waals surface area contributed by atoms with E-state index in [1.54, 1.807) is 38.5 Å². The Balaban J connectivity index is 1.39. The summed E-state index contributed by atoms with van der Waals surface area (Å²) in [6.45, 7) is 9.17. The smallest absolute Gasteiger partial charge is 0.243 e. The van der Waals surface area contributed by atoms with Crippen LogP contribution in [-0.2, 0) is 42.2 Å². The monoisotopic (exact) mass is 705 g/mol. The fourth-order valence-electron chi connectivity index (χ4n) is 6.78. The molecule has 270 valence electrons. The second kappa shape index (κ2) is 18.1. The summed E-state index contributed by atoms with van der Waals surface area (Å²) in [6, 6.07) is 23.0. The van der Waals surface area contributed by atoms with Crippen molar-refractivity contribution in [3.63, 3.8) is 0 Å². The van der Waals surface area contributed by atoms with E-state index in [9.17, 15) is 13.7 Å². The summed E-state index contributed by atoms with van der Waals surface area (Å²) in [5.41, 5.74) is 5.08. The van der Waals surface area contributed by atoms with Crippen LogP contribution in [0.25, 0.3) is 0 Å². The molecule has 0 saturated carbocycles. The number of ether oxygens (including phenoxy) is 5. The first-order chi connectivity index (χ1) is 24.2. The van der Waals surface area contributed by atoms with Gasteiger partial charge < -0.3 is 28.6 Å². The maximum Gasteiger partial charge on any atom is 0.243 e. The number of rotatable bonds is 17. The number of fused-ring (bicyclic) bond motifs is 1. The molecule has 0 radical (unpaired) electrons. The molecule has 5 rings (SSSR count). The van der Waals surface area contributed by atoms with Gasteiger partial charge in [0, 0.05) is 51.8 Å². The highest BCUT2D eigenvalue weighted by molar-refractivity contribution is 7.89. The van der Waals surface area contributed by atoms with Gasteiger partial charge in [-0.15, -0.1) is 0 Å². The fourth-order valence-corrected chi connectivity index (χ4v) is 8.43. The van der Waals surface area contributed by atoms with Crippen molar-refractivity contribution in [2.45, 2.75) is 69.3 Å². The summed E-state index contributed by atoms with van der Waals surface area (Å²) in [4.78, 5) is 2.53. The lowest BCUT2D eigenvalue weighted by Gasteiger charge is -2.42. The summed E-state index contributed by atoms with van der Waals surface area (Å²) in [6.07, 6.45) is 1.00. The van der Waals surface area contributed by atoms with E-state index in [1.807, 2.05) is 19.1 Å². The Hall–Kier alpha value is -3.50. The first-order valence-electron chi connectivity index (χ1n) is 17.5. The van der Waals surface area contributed by atoms with E-state index in [2.05, 4.69) is 48.2 Å². The number of benzene rings is 3. The molecule has 0 spiro atoms. The van der Waals surface area contributed by atoms with Crippen molar-refractivity contribution in [1.82, 2.24) is 4.31 Å². The van der Waals surface area contributed by atoms with Gasteiger partial charge in [-0.1, -0.05) is 55.0 Å². The lowest BCUT2D eigenvalue weighted by atomic mass is 9.83. The number of nitrogens with zero attached hydrogens (tertiary/aromatic N) is 3. The Morgan fingerprint density at radius 1 is 0.980 bits per heavy atom. The maximum absolute atomic E-state index is 14.1. The van der Waals surface area contributed by atoms with Crippen LogP contribution >= 0.6 is 0 Å². The molecule has 1 unspecified atom stereocenters. The average molecular weight is 706 g/mol. The van der Waals surface area contributed by atoms with Crippen molar-refractivity contribution in [3.05, 3.63) is 89.0 Å². The molecule has 2 aliphatic heterocycles. The molecule has 0 bridgehead atoms. The Labute approximate surface area is 297 Å². The minimum atomic E-state index is -3.89. The molecule has 4 atom stereocenters. The summed E-state index contributed by atoms with van der Waals surface area (Å²) in [5, 5.41) is 9.82. The molecule has 2 heterocycles. The first-order valence-corrected chi connectivity index (χ1v) is 18.9. The van der Waals surface area contributed by atoms with Crippen LogP contribution in [0, 0.1) is 24.2 Å². The molecule has 3 aromatic carbocycles. The van der Waals surface area contributed by atoms with Crippen LogP contribution in [0.1, 0.15) is 54.4 Å². The Kier molecular flexibility index (Phi) is 13.7. The third-order valence-corrected chi connectivity index (χ3v) is 11.4. The molecular weight excluding hydrogens is 655 g/mol. The van der Waals surface area contributed by atoms with Crippen molar-refractivity contribution >= 4 is 15.7 Å². The zero-order valence-corrected chi connectivity index (χ0v) is 30.6. The van der Waals surface area contributed by atoms with Crippen molar-refractivity contribution in [2.75, 3.05) is 65.2 Å². The summed E-state index contributed by atoms with van der Waals surface area (Å²) in [5.74, 6) is 1.03. The largest absolute Gasteiger partial charge is 0.490 e. The van der Waals surface area contributed by atoms with Gasteiger partial charge in [-0.2, -0.15) is 9.57 Å². The number of methoxy groups -OCH3 is 2. The minimum absolute atomic E-state index is 0.0869. The van der Waals surface area contributed by atoms with Crippen molar-refractivity contribution < 1.29 is 32.1 Å². The van der Waals surface area contributed by atoms with Crippen LogP contribution in [0.4, 0.5) is 5.69 Å². The van der Waals surface area contributed by atoms with Gasteiger partial charge in [-0.05, 0) is 60.7 Å². The minimum Gasteiger partial charge on any atom is -0.490 e. The second-order valence-electron chi connectivity index (χ2n) is 13.4. The van der Waals surface area contributed by atoms with E-state index in [-0.39, 0.29) is 23.8 Å². The van der Waals surface area contributed by atoms with E-state index < -0.39 is 22.2 Å². The molecule has 11 heteroatoms. The lowest BCUT2D eigenvalue weighted by molar-refractivity contribution is -0.0192. The highest BCUT2D eigenvalue weighted by Gasteiger charge is 2.43. The van der Waals surface area contributed by atoms with Crippen LogP contribution in [0.3, 0.4) is 0 Å². The lowest BCUT2D eigenvalue weighted by Crippen LogP contribution is -2.52. The average Bonchev–Trinajstić information content (AvgIpc) is 3.12. The third-order valence-electron chi connectivity index (χ3n) is 9.45.